The van der Waals surface area contributed by atoms with Gasteiger partial charge in [0.2, 0.25) is 0 Å². The Hall–Kier alpha value is -3.21. The van der Waals surface area contributed by atoms with Gasteiger partial charge >= 0.3 is 5.97 Å². The van der Waals surface area contributed by atoms with Crippen LogP contribution in [0.4, 0.5) is 5.69 Å². The Morgan fingerprint density at radius 2 is 2.00 bits per heavy atom. The highest BCUT2D eigenvalue weighted by Gasteiger charge is 2.12. The number of hydrogen-bond donors (Lipinski definition) is 1. The molecule has 0 saturated heterocycles. The predicted octanol–water partition coefficient (Wildman–Crippen LogP) is 4.41. The first-order chi connectivity index (χ1) is 12.6. The Kier molecular flexibility index (Phi) is 5.27. The van der Waals surface area contributed by atoms with Gasteiger partial charge in [-0.2, -0.15) is 0 Å². The maximum absolute atomic E-state index is 11.8. The van der Waals surface area contributed by atoms with E-state index in [2.05, 4.69) is 28.3 Å². The molecule has 0 amide bonds. The summed E-state index contributed by atoms with van der Waals surface area (Å²) in [7, 11) is 1.38. The molecule has 0 spiro atoms. The number of hydrogen-bond acceptors (Lipinski definition) is 5. The molecule has 1 unspecified atom stereocenters. The summed E-state index contributed by atoms with van der Waals surface area (Å²) in [6, 6.07) is 13.4. The Morgan fingerprint density at radius 1 is 1.15 bits per heavy atom. The van der Waals surface area contributed by atoms with Crippen molar-refractivity contribution in [3.8, 4) is 11.3 Å². The number of rotatable bonds is 5. The molecule has 0 radical (unpaired) electrons. The Bertz CT molecular complexity index is 910. The third kappa shape index (κ3) is 3.88. The number of aryl methyl sites for hydroxylation is 1. The van der Waals surface area contributed by atoms with Crippen LogP contribution in [0.2, 0.25) is 0 Å². The summed E-state index contributed by atoms with van der Waals surface area (Å²) in [4.78, 5) is 20.5. The molecular weight excluding hydrogens is 326 g/mol. The number of benzene rings is 1. The second kappa shape index (κ2) is 7.78. The van der Waals surface area contributed by atoms with Crippen molar-refractivity contribution < 1.29 is 9.53 Å². The summed E-state index contributed by atoms with van der Waals surface area (Å²) < 4.78 is 4.80. The van der Waals surface area contributed by atoms with E-state index >= 15 is 0 Å². The first-order valence-corrected chi connectivity index (χ1v) is 8.40. The Morgan fingerprint density at radius 3 is 2.73 bits per heavy atom. The number of nitrogens with one attached hydrogen (secondary N) is 1. The maximum atomic E-state index is 11.8. The third-order valence-electron chi connectivity index (χ3n) is 4.25. The van der Waals surface area contributed by atoms with E-state index in [1.165, 1.54) is 7.11 Å². The van der Waals surface area contributed by atoms with Crippen LogP contribution in [0.1, 0.15) is 34.5 Å². The standard InChI is InChI=1S/C21H21N3O2/c1-14-7-8-16(21(25)26-3)11-20(14)24-15(2)17-10-18(13-22-12-17)19-6-4-5-9-23-19/h4-13,15,24H,1-3H3. The zero-order valence-corrected chi connectivity index (χ0v) is 15.1. The fourth-order valence-electron chi connectivity index (χ4n) is 2.71. The van der Waals surface area contributed by atoms with Gasteiger partial charge in [0.25, 0.3) is 0 Å². The first-order valence-electron chi connectivity index (χ1n) is 8.40. The summed E-state index contributed by atoms with van der Waals surface area (Å²) in [5, 5.41) is 3.46. The number of anilines is 1. The summed E-state index contributed by atoms with van der Waals surface area (Å²) in [5.41, 5.74) is 5.36. The van der Waals surface area contributed by atoms with Crippen molar-refractivity contribution in [1.29, 1.82) is 0 Å². The van der Waals surface area contributed by atoms with Gasteiger partial charge in [-0.15, -0.1) is 0 Å². The van der Waals surface area contributed by atoms with E-state index in [1.54, 1.807) is 12.3 Å². The number of pyridine rings is 2. The van der Waals surface area contributed by atoms with Gasteiger partial charge in [0.15, 0.2) is 0 Å². The molecule has 1 atom stereocenters. The molecule has 1 N–H and O–H groups in total. The molecule has 2 aromatic heterocycles. The van der Waals surface area contributed by atoms with Crippen LogP contribution < -0.4 is 5.32 Å². The minimum atomic E-state index is -0.348. The molecule has 0 aliphatic rings. The average Bonchev–Trinajstić information content (AvgIpc) is 2.69. The van der Waals surface area contributed by atoms with E-state index < -0.39 is 0 Å². The molecule has 3 aromatic rings. The predicted molar refractivity (Wildman–Crippen MR) is 102 cm³/mol. The smallest absolute Gasteiger partial charge is 0.337 e. The molecule has 3 rings (SSSR count). The van der Waals surface area contributed by atoms with E-state index in [4.69, 9.17) is 4.74 Å². The van der Waals surface area contributed by atoms with Crippen LogP contribution in [0.3, 0.4) is 0 Å². The lowest BCUT2D eigenvalue weighted by atomic mass is 10.0. The summed E-state index contributed by atoms with van der Waals surface area (Å²) >= 11 is 0. The lowest BCUT2D eigenvalue weighted by Gasteiger charge is -2.18. The van der Waals surface area contributed by atoms with Crippen LogP contribution in [0.25, 0.3) is 11.3 Å². The van der Waals surface area contributed by atoms with Crippen molar-refractivity contribution in [3.63, 3.8) is 0 Å². The third-order valence-corrected chi connectivity index (χ3v) is 4.25. The zero-order chi connectivity index (χ0) is 18.5. The molecule has 0 aliphatic heterocycles. The number of carbonyl (C=O) groups is 1. The first kappa shape index (κ1) is 17.6. The number of carbonyl (C=O) groups excluding carboxylic acids is 1. The van der Waals surface area contributed by atoms with Gasteiger partial charge in [0, 0.05) is 29.8 Å². The van der Waals surface area contributed by atoms with E-state index in [-0.39, 0.29) is 12.0 Å². The van der Waals surface area contributed by atoms with Crippen LogP contribution in [0, 0.1) is 6.92 Å². The van der Waals surface area contributed by atoms with E-state index in [9.17, 15) is 4.79 Å². The number of esters is 1. The quantitative estimate of drug-likeness (QED) is 0.693. The van der Waals surface area contributed by atoms with Crippen molar-refractivity contribution in [1.82, 2.24) is 9.97 Å². The van der Waals surface area contributed by atoms with Gasteiger partial charge in [-0.05, 0) is 55.3 Å². The van der Waals surface area contributed by atoms with E-state index in [0.29, 0.717) is 5.56 Å². The SMILES string of the molecule is COC(=O)c1ccc(C)c(NC(C)c2cncc(-c3ccccn3)c2)c1. The van der Waals surface area contributed by atoms with Gasteiger partial charge in [0.1, 0.15) is 0 Å². The summed E-state index contributed by atoms with van der Waals surface area (Å²) in [6.45, 7) is 4.06. The fourth-order valence-corrected chi connectivity index (χ4v) is 2.71. The molecule has 0 aliphatic carbocycles. The Labute approximate surface area is 153 Å². The minimum Gasteiger partial charge on any atom is -0.465 e. The normalized spacial score (nSPS) is 11.7. The van der Waals surface area contributed by atoms with Crippen LogP contribution in [-0.2, 0) is 4.74 Å². The van der Waals surface area contributed by atoms with E-state index in [1.807, 2.05) is 49.6 Å². The number of aromatic nitrogens is 2. The Balaban J connectivity index is 1.85. The zero-order valence-electron chi connectivity index (χ0n) is 15.1. The van der Waals surface area contributed by atoms with Gasteiger partial charge in [0.05, 0.1) is 24.4 Å². The molecule has 1 aromatic carbocycles. The molecule has 2 heterocycles. The molecule has 0 fully saturated rings. The highest BCUT2D eigenvalue weighted by molar-refractivity contribution is 5.90. The van der Waals surface area contributed by atoms with Crippen LogP contribution in [0.15, 0.2) is 61.1 Å². The van der Waals surface area contributed by atoms with Crippen molar-refractivity contribution >= 4 is 11.7 Å². The van der Waals surface area contributed by atoms with Crippen molar-refractivity contribution in [2.24, 2.45) is 0 Å². The van der Waals surface area contributed by atoms with Crippen LogP contribution in [-0.4, -0.2) is 23.0 Å². The monoisotopic (exact) mass is 347 g/mol. The minimum absolute atomic E-state index is 0.0118. The second-order valence-electron chi connectivity index (χ2n) is 6.11. The molecule has 0 saturated carbocycles. The molecule has 26 heavy (non-hydrogen) atoms. The molecule has 132 valence electrons. The maximum Gasteiger partial charge on any atom is 0.337 e. The van der Waals surface area contributed by atoms with Gasteiger partial charge in [-0.3, -0.25) is 9.97 Å². The molecule has 0 bridgehead atoms. The van der Waals surface area contributed by atoms with Crippen molar-refractivity contribution in [2.75, 3.05) is 12.4 Å². The van der Waals surface area contributed by atoms with Crippen LogP contribution >= 0.6 is 0 Å². The largest absolute Gasteiger partial charge is 0.465 e. The van der Waals surface area contributed by atoms with Crippen molar-refractivity contribution in [2.45, 2.75) is 19.9 Å². The summed E-state index contributed by atoms with van der Waals surface area (Å²) in [5.74, 6) is -0.348. The second-order valence-corrected chi connectivity index (χ2v) is 6.11. The van der Waals surface area contributed by atoms with E-state index in [0.717, 1.165) is 28.1 Å². The van der Waals surface area contributed by atoms with Gasteiger partial charge in [-0.1, -0.05) is 12.1 Å². The highest BCUT2D eigenvalue weighted by atomic mass is 16.5. The fraction of sp³-hybridized carbons (Fsp3) is 0.190. The number of ether oxygens (including phenoxy) is 1. The summed E-state index contributed by atoms with van der Waals surface area (Å²) in [6.07, 6.45) is 5.41. The number of nitrogens with zero attached hydrogens (tertiary/aromatic N) is 2. The van der Waals surface area contributed by atoms with Gasteiger partial charge in [-0.25, -0.2) is 4.79 Å². The lowest BCUT2D eigenvalue weighted by Crippen LogP contribution is -2.10. The highest BCUT2D eigenvalue weighted by Crippen LogP contribution is 2.25. The molecule has 5 nitrogen and oxygen atoms in total. The van der Waals surface area contributed by atoms with Crippen molar-refractivity contribution in [3.05, 3.63) is 77.7 Å². The van der Waals surface area contributed by atoms with Crippen LogP contribution in [0.5, 0.6) is 0 Å². The topological polar surface area (TPSA) is 64.1 Å². The lowest BCUT2D eigenvalue weighted by molar-refractivity contribution is 0.0601. The van der Waals surface area contributed by atoms with Gasteiger partial charge < -0.3 is 10.1 Å². The molecule has 5 heteroatoms. The average molecular weight is 347 g/mol. The number of methoxy groups -OCH3 is 1. The molecular formula is C21H21N3O2.